The molecule has 3 rings (SSSR count). The Hall–Kier alpha value is -2.50. The number of imidazole rings is 1. The third-order valence-electron chi connectivity index (χ3n) is 3.10. The lowest BCUT2D eigenvalue weighted by Gasteiger charge is -2.08. The van der Waals surface area contributed by atoms with Crippen molar-refractivity contribution in [1.82, 2.24) is 9.38 Å². The Balaban J connectivity index is 1.69. The van der Waals surface area contributed by atoms with Gasteiger partial charge in [0.25, 0.3) is 0 Å². The molecular weight excluding hydrogens is 279 g/mol. The number of aromatic nitrogens is 2. The summed E-state index contributed by atoms with van der Waals surface area (Å²) >= 11 is 0. The first-order chi connectivity index (χ1) is 10.0. The van der Waals surface area contributed by atoms with Crippen molar-refractivity contribution in [2.45, 2.75) is 12.7 Å². The normalized spacial score (nSPS) is 11.8. The number of alkyl halides is 3. The molecule has 21 heavy (non-hydrogen) atoms. The summed E-state index contributed by atoms with van der Waals surface area (Å²) in [4.78, 5) is 4.41. The van der Waals surface area contributed by atoms with Crippen LogP contribution in [0.25, 0.3) is 5.65 Å². The molecule has 0 radical (unpaired) electrons. The molecule has 0 unspecified atom stereocenters. The number of benzene rings is 1. The standard InChI is InChI=1S/C15H12F3N3/c16-15(17,18)11-4-6-12(7-5-11)19-9-13-10-21-8-2-1-3-14(21)20-13/h1-8,10,19H,9H2. The van der Waals surface area contributed by atoms with Crippen molar-refractivity contribution in [3.05, 3.63) is 66.1 Å². The summed E-state index contributed by atoms with van der Waals surface area (Å²) < 4.78 is 39.3. The van der Waals surface area contributed by atoms with Gasteiger partial charge in [-0.3, -0.25) is 0 Å². The number of nitrogens with zero attached hydrogens (tertiary/aromatic N) is 2. The molecule has 108 valence electrons. The van der Waals surface area contributed by atoms with Crippen molar-refractivity contribution in [2.24, 2.45) is 0 Å². The number of anilines is 1. The Morgan fingerprint density at radius 2 is 1.81 bits per heavy atom. The number of halogens is 3. The van der Waals surface area contributed by atoms with Gasteiger partial charge in [0.15, 0.2) is 0 Å². The lowest BCUT2D eigenvalue weighted by molar-refractivity contribution is -0.137. The maximum Gasteiger partial charge on any atom is 0.416 e. The van der Waals surface area contributed by atoms with E-state index in [1.54, 1.807) is 0 Å². The summed E-state index contributed by atoms with van der Waals surface area (Å²) in [6.45, 7) is 0.451. The fourth-order valence-corrected chi connectivity index (χ4v) is 2.04. The van der Waals surface area contributed by atoms with Gasteiger partial charge in [-0.2, -0.15) is 13.2 Å². The van der Waals surface area contributed by atoms with E-state index in [2.05, 4.69) is 10.3 Å². The molecule has 6 heteroatoms. The fraction of sp³-hybridized carbons (Fsp3) is 0.133. The zero-order chi connectivity index (χ0) is 14.9. The Morgan fingerprint density at radius 1 is 1.05 bits per heavy atom. The van der Waals surface area contributed by atoms with Gasteiger partial charge in [-0.1, -0.05) is 6.07 Å². The van der Waals surface area contributed by atoms with Crippen molar-refractivity contribution in [2.75, 3.05) is 5.32 Å². The van der Waals surface area contributed by atoms with E-state index in [-0.39, 0.29) is 0 Å². The maximum absolute atomic E-state index is 12.5. The number of hydrogen-bond donors (Lipinski definition) is 1. The fourth-order valence-electron chi connectivity index (χ4n) is 2.04. The van der Waals surface area contributed by atoms with Crippen LogP contribution in [-0.2, 0) is 12.7 Å². The molecule has 0 amide bonds. The summed E-state index contributed by atoms with van der Waals surface area (Å²) in [5.74, 6) is 0. The van der Waals surface area contributed by atoms with E-state index >= 15 is 0 Å². The van der Waals surface area contributed by atoms with Gasteiger partial charge in [0.05, 0.1) is 17.8 Å². The van der Waals surface area contributed by atoms with Gasteiger partial charge in [0.1, 0.15) is 5.65 Å². The molecule has 2 heterocycles. The van der Waals surface area contributed by atoms with Crippen LogP contribution in [-0.4, -0.2) is 9.38 Å². The van der Waals surface area contributed by atoms with E-state index in [1.807, 2.05) is 35.0 Å². The summed E-state index contributed by atoms with van der Waals surface area (Å²) in [5, 5.41) is 3.06. The molecule has 0 fully saturated rings. The van der Waals surface area contributed by atoms with Crippen LogP contribution in [0.1, 0.15) is 11.3 Å². The molecule has 0 atom stereocenters. The second-order valence-corrected chi connectivity index (χ2v) is 4.63. The summed E-state index contributed by atoms with van der Waals surface area (Å²) in [5.41, 5.74) is 1.63. The van der Waals surface area contributed by atoms with E-state index in [0.717, 1.165) is 23.5 Å². The largest absolute Gasteiger partial charge is 0.416 e. The second kappa shape index (κ2) is 5.12. The topological polar surface area (TPSA) is 29.3 Å². The Kier molecular flexibility index (Phi) is 3.29. The molecule has 3 nitrogen and oxygen atoms in total. The van der Waals surface area contributed by atoms with Crippen LogP contribution in [0.3, 0.4) is 0 Å². The van der Waals surface area contributed by atoms with Crippen molar-refractivity contribution in [1.29, 1.82) is 0 Å². The molecule has 0 bridgehead atoms. The van der Waals surface area contributed by atoms with Crippen molar-refractivity contribution in [3.63, 3.8) is 0 Å². The lowest BCUT2D eigenvalue weighted by atomic mass is 10.2. The van der Waals surface area contributed by atoms with Crippen LogP contribution in [0.4, 0.5) is 18.9 Å². The molecule has 0 spiro atoms. The number of fused-ring (bicyclic) bond motifs is 1. The van der Waals surface area contributed by atoms with Crippen LogP contribution in [0.2, 0.25) is 0 Å². The summed E-state index contributed by atoms with van der Waals surface area (Å²) in [7, 11) is 0. The molecule has 0 aliphatic heterocycles. The molecule has 1 N–H and O–H groups in total. The first-order valence-corrected chi connectivity index (χ1v) is 6.36. The average Bonchev–Trinajstić information content (AvgIpc) is 2.87. The van der Waals surface area contributed by atoms with Gasteiger partial charge >= 0.3 is 6.18 Å². The van der Waals surface area contributed by atoms with E-state index in [9.17, 15) is 13.2 Å². The van der Waals surface area contributed by atoms with Crippen molar-refractivity contribution in [3.8, 4) is 0 Å². The third-order valence-corrected chi connectivity index (χ3v) is 3.10. The van der Waals surface area contributed by atoms with Gasteiger partial charge in [-0.15, -0.1) is 0 Å². The first kappa shape index (κ1) is 13.5. The Morgan fingerprint density at radius 3 is 2.48 bits per heavy atom. The third kappa shape index (κ3) is 2.99. The predicted molar refractivity (Wildman–Crippen MR) is 74.0 cm³/mol. The minimum atomic E-state index is -4.31. The quantitative estimate of drug-likeness (QED) is 0.791. The minimum absolute atomic E-state index is 0.451. The molecule has 1 aromatic carbocycles. The highest BCUT2D eigenvalue weighted by molar-refractivity contribution is 5.46. The molecule has 0 saturated carbocycles. The van der Waals surface area contributed by atoms with E-state index in [0.29, 0.717) is 12.2 Å². The van der Waals surface area contributed by atoms with Gasteiger partial charge in [-0.05, 0) is 36.4 Å². The highest BCUT2D eigenvalue weighted by atomic mass is 19.4. The number of rotatable bonds is 3. The lowest BCUT2D eigenvalue weighted by Crippen LogP contribution is -2.05. The van der Waals surface area contributed by atoms with Crippen LogP contribution in [0.5, 0.6) is 0 Å². The van der Waals surface area contributed by atoms with E-state index in [4.69, 9.17) is 0 Å². The van der Waals surface area contributed by atoms with Gasteiger partial charge in [0.2, 0.25) is 0 Å². The monoisotopic (exact) mass is 291 g/mol. The Labute approximate surface area is 119 Å². The van der Waals surface area contributed by atoms with Crippen LogP contribution >= 0.6 is 0 Å². The molecule has 0 aliphatic carbocycles. The zero-order valence-corrected chi connectivity index (χ0v) is 10.9. The molecule has 0 aliphatic rings. The summed E-state index contributed by atoms with van der Waals surface area (Å²) in [6, 6.07) is 10.6. The van der Waals surface area contributed by atoms with E-state index < -0.39 is 11.7 Å². The van der Waals surface area contributed by atoms with Gasteiger partial charge < -0.3 is 9.72 Å². The van der Waals surface area contributed by atoms with Gasteiger partial charge in [0, 0.05) is 18.1 Å². The Bertz CT molecular complexity index is 712. The predicted octanol–water partition coefficient (Wildman–Crippen LogP) is 3.97. The highest BCUT2D eigenvalue weighted by Gasteiger charge is 2.29. The van der Waals surface area contributed by atoms with Crippen molar-refractivity contribution < 1.29 is 13.2 Å². The highest BCUT2D eigenvalue weighted by Crippen LogP contribution is 2.29. The molecule has 3 aromatic rings. The smallest absolute Gasteiger partial charge is 0.379 e. The number of nitrogens with one attached hydrogen (secondary N) is 1. The first-order valence-electron chi connectivity index (χ1n) is 6.36. The zero-order valence-electron chi connectivity index (χ0n) is 10.9. The maximum atomic E-state index is 12.5. The average molecular weight is 291 g/mol. The van der Waals surface area contributed by atoms with Crippen LogP contribution < -0.4 is 5.32 Å². The van der Waals surface area contributed by atoms with E-state index in [1.165, 1.54) is 12.1 Å². The van der Waals surface area contributed by atoms with Crippen molar-refractivity contribution >= 4 is 11.3 Å². The van der Waals surface area contributed by atoms with Crippen LogP contribution in [0, 0.1) is 0 Å². The number of pyridine rings is 1. The summed E-state index contributed by atoms with van der Waals surface area (Å²) in [6.07, 6.45) is -0.531. The molecular formula is C15H12F3N3. The number of hydrogen-bond acceptors (Lipinski definition) is 2. The van der Waals surface area contributed by atoms with Crippen LogP contribution in [0.15, 0.2) is 54.9 Å². The molecule has 0 saturated heterocycles. The molecule has 2 aromatic heterocycles. The second-order valence-electron chi connectivity index (χ2n) is 4.63. The minimum Gasteiger partial charge on any atom is -0.379 e. The SMILES string of the molecule is FC(F)(F)c1ccc(NCc2cn3ccccc3n2)cc1. The van der Waals surface area contributed by atoms with Gasteiger partial charge in [-0.25, -0.2) is 4.98 Å².